The van der Waals surface area contributed by atoms with Crippen LogP contribution in [0.25, 0.3) is 10.8 Å². The molecule has 0 bridgehead atoms. The highest BCUT2D eigenvalue weighted by Gasteiger charge is 2.37. The van der Waals surface area contributed by atoms with Crippen LogP contribution in [0.4, 0.5) is 0 Å². The first-order valence-electron chi connectivity index (χ1n) is 15.8. The monoisotopic (exact) mass is 681 g/mol. The average Bonchev–Trinajstić information content (AvgIpc) is 3.55. The van der Waals surface area contributed by atoms with Crippen LogP contribution in [-0.2, 0) is 44.9 Å². The van der Waals surface area contributed by atoms with Crippen LogP contribution in [-0.4, -0.2) is 100.0 Å². The Morgan fingerprint density at radius 1 is 0.857 bits per heavy atom. The second-order valence-corrected chi connectivity index (χ2v) is 12.0. The van der Waals surface area contributed by atoms with Gasteiger partial charge in [-0.3, -0.25) is 38.4 Å². The number of amides is 7. The highest BCUT2D eigenvalue weighted by molar-refractivity contribution is 6.38. The van der Waals surface area contributed by atoms with E-state index in [4.69, 9.17) is 5.73 Å². The Balaban J connectivity index is 1.57. The van der Waals surface area contributed by atoms with Crippen molar-refractivity contribution in [3.05, 3.63) is 48.0 Å². The molecule has 1 heterocycles. The molecular weight excluding hydrogens is 638 g/mol. The number of hydrogen-bond donors (Lipinski definition) is 7. The maximum atomic E-state index is 13.0. The Labute approximate surface area is 282 Å². The number of nitrogens with zero attached hydrogens (tertiary/aromatic N) is 1. The summed E-state index contributed by atoms with van der Waals surface area (Å²) in [5.74, 6) is -6.72. The van der Waals surface area contributed by atoms with Gasteiger partial charge in [0.1, 0.15) is 24.2 Å². The van der Waals surface area contributed by atoms with Crippen LogP contribution >= 0.6 is 0 Å². The second-order valence-electron chi connectivity index (χ2n) is 12.0. The molecule has 0 spiro atoms. The highest BCUT2D eigenvalue weighted by atomic mass is 16.3. The van der Waals surface area contributed by atoms with Crippen LogP contribution in [0.2, 0.25) is 0 Å². The van der Waals surface area contributed by atoms with Crippen molar-refractivity contribution in [2.24, 2.45) is 5.73 Å². The summed E-state index contributed by atoms with van der Waals surface area (Å²) >= 11 is 0. The molecule has 8 N–H and O–H groups in total. The summed E-state index contributed by atoms with van der Waals surface area (Å²) in [5, 5.41) is 23.9. The van der Waals surface area contributed by atoms with Crippen molar-refractivity contribution in [2.75, 3.05) is 6.54 Å². The lowest BCUT2D eigenvalue weighted by Gasteiger charge is -2.27. The molecule has 2 aromatic rings. The zero-order valence-electron chi connectivity index (χ0n) is 27.8. The number of likely N-dealkylation sites (tertiary alicyclic amines) is 1. The Kier molecular flexibility index (Phi) is 13.3. The third-order valence-electron chi connectivity index (χ3n) is 8.11. The van der Waals surface area contributed by atoms with Gasteiger partial charge in [-0.2, -0.15) is 0 Å². The molecule has 0 aliphatic carbocycles. The van der Waals surface area contributed by atoms with Gasteiger partial charge in [0.2, 0.25) is 41.2 Å². The summed E-state index contributed by atoms with van der Waals surface area (Å²) < 4.78 is 0. The van der Waals surface area contributed by atoms with Crippen LogP contribution < -0.4 is 32.3 Å². The number of aliphatic hydroxyl groups excluding tert-OH is 1. The van der Waals surface area contributed by atoms with Crippen LogP contribution in [0, 0.1) is 0 Å². The van der Waals surface area contributed by atoms with Crippen molar-refractivity contribution < 1.29 is 43.5 Å². The zero-order valence-corrected chi connectivity index (χ0v) is 27.8. The summed E-state index contributed by atoms with van der Waals surface area (Å²) in [7, 11) is 0. The number of primary amides is 1. The van der Waals surface area contributed by atoms with Gasteiger partial charge in [-0.1, -0.05) is 42.5 Å². The number of carbonyl (C=O) groups is 8. The quantitative estimate of drug-likeness (QED) is 0.105. The van der Waals surface area contributed by atoms with Gasteiger partial charge in [0.05, 0.1) is 18.6 Å². The van der Waals surface area contributed by atoms with Gasteiger partial charge in [-0.05, 0) is 49.9 Å². The molecule has 7 amide bonds. The van der Waals surface area contributed by atoms with Crippen molar-refractivity contribution in [1.29, 1.82) is 0 Å². The fourth-order valence-electron chi connectivity index (χ4n) is 5.43. The van der Waals surface area contributed by atoms with Crippen molar-refractivity contribution in [3.63, 3.8) is 0 Å². The third-order valence-corrected chi connectivity index (χ3v) is 8.11. The summed E-state index contributed by atoms with van der Waals surface area (Å²) in [4.78, 5) is 102. The van der Waals surface area contributed by atoms with E-state index in [1.54, 1.807) is 6.07 Å². The fraction of sp³-hybridized carbons (Fsp3) is 0.455. The van der Waals surface area contributed by atoms with E-state index in [9.17, 15) is 43.5 Å². The fourth-order valence-corrected chi connectivity index (χ4v) is 5.43. The van der Waals surface area contributed by atoms with E-state index in [1.807, 2.05) is 36.4 Å². The van der Waals surface area contributed by atoms with E-state index in [1.165, 1.54) is 32.6 Å². The number of nitrogens with one attached hydrogen (secondary N) is 5. The zero-order chi connectivity index (χ0) is 36.4. The van der Waals surface area contributed by atoms with E-state index in [0.29, 0.717) is 19.4 Å². The molecule has 16 nitrogen and oxygen atoms in total. The van der Waals surface area contributed by atoms with E-state index in [-0.39, 0.29) is 12.5 Å². The van der Waals surface area contributed by atoms with Gasteiger partial charge in [0.15, 0.2) is 0 Å². The van der Waals surface area contributed by atoms with Gasteiger partial charge in [0, 0.05) is 20.0 Å². The summed E-state index contributed by atoms with van der Waals surface area (Å²) in [6.07, 6.45) is -1.09. The third kappa shape index (κ3) is 10.3. The molecule has 1 aliphatic heterocycles. The van der Waals surface area contributed by atoms with E-state index >= 15 is 0 Å². The molecule has 6 atom stereocenters. The first kappa shape index (κ1) is 38.1. The van der Waals surface area contributed by atoms with Gasteiger partial charge < -0.3 is 42.3 Å². The Morgan fingerprint density at radius 3 is 2.16 bits per heavy atom. The van der Waals surface area contributed by atoms with Crippen molar-refractivity contribution in [1.82, 2.24) is 31.5 Å². The predicted octanol–water partition coefficient (Wildman–Crippen LogP) is -1.73. The summed E-state index contributed by atoms with van der Waals surface area (Å²) in [6, 6.07) is 6.48. The molecule has 3 rings (SSSR count). The van der Waals surface area contributed by atoms with Crippen molar-refractivity contribution >= 4 is 57.9 Å². The molecule has 0 saturated carbocycles. The first-order chi connectivity index (χ1) is 23.1. The Bertz CT molecular complexity index is 1610. The van der Waals surface area contributed by atoms with Gasteiger partial charge in [-0.15, -0.1) is 0 Å². The molecule has 0 aromatic heterocycles. The minimum Gasteiger partial charge on any atom is -0.391 e. The van der Waals surface area contributed by atoms with E-state index < -0.39 is 84.0 Å². The number of aliphatic hydroxyl groups is 1. The second kappa shape index (κ2) is 17.1. The van der Waals surface area contributed by atoms with Gasteiger partial charge >= 0.3 is 0 Å². The number of nitrogens with two attached hydrogens (primary N) is 1. The van der Waals surface area contributed by atoms with Crippen molar-refractivity contribution in [3.8, 4) is 0 Å². The number of carbonyl (C=O) groups excluding carboxylic acids is 8. The Morgan fingerprint density at radius 2 is 1.51 bits per heavy atom. The molecule has 0 radical (unpaired) electrons. The normalized spacial score (nSPS) is 17.1. The lowest BCUT2D eigenvalue weighted by molar-refractivity contribution is -0.140. The average molecular weight is 682 g/mol. The molecule has 1 saturated heterocycles. The van der Waals surface area contributed by atoms with Gasteiger partial charge in [0.25, 0.3) is 5.91 Å². The minimum absolute atomic E-state index is 0.0492. The predicted molar refractivity (Wildman–Crippen MR) is 176 cm³/mol. The molecule has 2 aromatic carbocycles. The maximum absolute atomic E-state index is 13.0. The molecule has 16 heteroatoms. The van der Waals surface area contributed by atoms with Crippen LogP contribution in [0.5, 0.6) is 0 Å². The molecule has 0 unspecified atom stereocenters. The Hall–Kier alpha value is -5.38. The standard InChI is InChI=1S/C33H43N7O9/c1-17(28(44)33(49)35-16-22-11-7-10-21-9-5-6-12-23(21)22)36-30(46)24(15-26(34)43)38-29(45)18(2)37-32(48)27(19(3)41)39-31(47)25-13-8-14-40(25)20(4)42/h5-7,9-12,17-19,24-25,27,41H,8,13-16H2,1-4H3,(H2,34,43)(H,35,49)(H,36,46)(H,37,48)(H,38,45)(H,39,47)/t17-,18-,19-,24-,25-,27-/m0/s1. The lowest BCUT2D eigenvalue weighted by Crippen LogP contribution is -2.60. The lowest BCUT2D eigenvalue weighted by atomic mass is 10.0. The van der Waals surface area contributed by atoms with Crippen molar-refractivity contribution in [2.45, 2.75) is 89.8 Å². The topological polar surface area (TPSA) is 246 Å². The van der Waals surface area contributed by atoms with Crippen LogP contribution in [0.3, 0.4) is 0 Å². The number of fused-ring (bicyclic) bond motifs is 1. The first-order valence-corrected chi connectivity index (χ1v) is 15.8. The highest BCUT2D eigenvalue weighted by Crippen LogP contribution is 2.19. The molecule has 49 heavy (non-hydrogen) atoms. The number of ketones is 1. The summed E-state index contributed by atoms with van der Waals surface area (Å²) in [6.45, 7) is 5.52. The molecule has 1 aliphatic rings. The number of benzene rings is 2. The smallest absolute Gasteiger partial charge is 0.289 e. The van der Waals surface area contributed by atoms with E-state index in [0.717, 1.165) is 16.3 Å². The number of hydrogen-bond acceptors (Lipinski definition) is 9. The van der Waals surface area contributed by atoms with E-state index in [2.05, 4.69) is 26.6 Å². The van der Waals surface area contributed by atoms with Gasteiger partial charge in [-0.25, -0.2) is 0 Å². The summed E-state index contributed by atoms with van der Waals surface area (Å²) in [5.41, 5.74) is 6.05. The molecule has 264 valence electrons. The number of Topliss-reactive ketones (excluding diaryl/α,β-unsaturated/α-hetero) is 1. The minimum atomic E-state index is -1.58. The van der Waals surface area contributed by atoms with Crippen LogP contribution in [0.15, 0.2) is 42.5 Å². The van der Waals surface area contributed by atoms with Crippen LogP contribution in [0.1, 0.15) is 52.5 Å². The molecular formula is C33H43N7O9. The largest absolute Gasteiger partial charge is 0.391 e. The number of rotatable bonds is 15. The SMILES string of the molecule is CC(=O)N1CCC[C@H]1C(=O)N[C@H](C(=O)N[C@@H](C)C(=O)N[C@@H](CC(N)=O)C(=O)N[C@@H](C)C(=O)C(=O)NCc1cccc2ccccc12)[C@H](C)O. The molecule has 1 fully saturated rings. The maximum Gasteiger partial charge on any atom is 0.289 e.